The molecule has 0 unspecified atom stereocenters. The first-order valence-corrected chi connectivity index (χ1v) is 7.92. The van der Waals surface area contributed by atoms with Gasteiger partial charge in [0.15, 0.2) is 22.8 Å². The highest BCUT2D eigenvalue weighted by molar-refractivity contribution is 6.02. The summed E-state index contributed by atoms with van der Waals surface area (Å²) in [7, 11) is 4.68. The quantitative estimate of drug-likeness (QED) is 0.675. The summed E-state index contributed by atoms with van der Waals surface area (Å²) in [5.41, 5.74) is 1.25. The molecule has 1 heterocycles. The lowest BCUT2D eigenvalue weighted by Crippen LogP contribution is -2.07. The number of hydrogen-bond donors (Lipinski definition) is 1. The van der Waals surface area contributed by atoms with Crippen LogP contribution in [0.2, 0.25) is 0 Å². The van der Waals surface area contributed by atoms with Gasteiger partial charge in [0, 0.05) is 23.2 Å². The fraction of sp³-hybridized carbons (Fsp3) is 0.150. The van der Waals surface area contributed by atoms with Crippen molar-refractivity contribution in [3.8, 4) is 17.2 Å². The molecule has 0 fully saturated rings. The van der Waals surface area contributed by atoms with Crippen LogP contribution < -0.4 is 19.5 Å². The average Bonchev–Trinajstić information content (AvgIpc) is 3.09. The summed E-state index contributed by atoms with van der Waals surface area (Å²) in [4.78, 5) is 12.1. The van der Waals surface area contributed by atoms with Gasteiger partial charge in [-0.05, 0) is 30.3 Å². The van der Waals surface area contributed by atoms with Crippen LogP contribution in [0.15, 0.2) is 53.0 Å². The van der Waals surface area contributed by atoms with Gasteiger partial charge in [-0.1, -0.05) is 12.1 Å². The molecule has 0 saturated heterocycles. The Hall–Kier alpha value is -3.41. The number of methoxy groups -OCH3 is 3. The van der Waals surface area contributed by atoms with E-state index in [0.29, 0.717) is 34.3 Å². The number of fused-ring (bicyclic) bond motifs is 1. The summed E-state index contributed by atoms with van der Waals surface area (Å²) in [5, 5.41) is 3.67. The van der Waals surface area contributed by atoms with Crippen LogP contribution in [0.5, 0.6) is 17.2 Å². The Labute approximate surface area is 151 Å². The van der Waals surface area contributed by atoms with E-state index in [1.165, 1.54) is 6.08 Å². The predicted octanol–water partition coefficient (Wildman–Crippen LogP) is 4.11. The van der Waals surface area contributed by atoms with Gasteiger partial charge in [0.1, 0.15) is 5.76 Å². The first-order valence-electron chi connectivity index (χ1n) is 7.92. The van der Waals surface area contributed by atoms with Crippen molar-refractivity contribution >= 4 is 28.6 Å². The number of hydrogen-bond acceptors (Lipinski definition) is 5. The number of benzene rings is 2. The fourth-order valence-electron chi connectivity index (χ4n) is 2.55. The molecule has 0 atom stereocenters. The number of para-hydroxylation sites is 1. The topological polar surface area (TPSA) is 69.9 Å². The van der Waals surface area contributed by atoms with Crippen LogP contribution in [-0.4, -0.2) is 27.2 Å². The monoisotopic (exact) mass is 353 g/mol. The van der Waals surface area contributed by atoms with Crippen molar-refractivity contribution in [1.82, 2.24) is 0 Å². The number of ether oxygens (including phenoxy) is 3. The third-order valence-electron chi connectivity index (χ3n) is 3.80. The zero-order valence-electron chi connectivity index (χ0n) is 14.7. The first kappa shape index (κ1) is 17.4. The molecule has 6 heteroatoms. The molecule has 3 aromatic rings. The lowest BCUT2D eigenvalue weighted by molar-refractivity contribution is -0.111. The zero-order chi connectivity index (χ0) is 18.5. The summed E-state index contributed by atoms with van der Waals surface area (Å²) in [6, 6.07) is 12.6. The van der Waals surface area contributed by atoms with Crippen LogP contribution in [0.4, 0.5) is 5.69 Å². The van der Waals surface area contributed by atoms with E-state index in [4.69, 9.17) is 18.6 Å². The van der Waals surface area contributed by atoms with Crippen LogP contribution in [-0.2, 0) is 4.79 Å². The highest BCUT2D eigenvalue weighted by Crippen LogP contribution is 2.30. The zero-order valence-corrected chi connectivity index (χ0v) is 14.7. The van der Waals surface area contributed by atoms with Gasteiger partial charge in [0.05, 0.1) is 21.3 Å². The van der Waals surface area contributed by atoms with Crippen molar-refractivity contribution in [1.29, 1.82) is 0 Å². The molecular formula is C20H19NO5. The minimum atomic E-state index is -0.287. The number of nitrogens with one attached hydrogen (secondary N) is 1. The average molecular weight is 353 g/mol. The highest BCUT2D eigenvalue weighted by atomic mass is 16.5. The maximum atomic E-state index is 12.1. The minimum Gasteiger partial charge on any atom is -0.493 e. The third-order valence-corrected chi connectivity index (χ3v) is 3.80. The minimum absolute atomic E-state index is 0.287. The van der Waals surface area contributed by atoms with E-state index in [1.807, 2.05) is 24.3 Å². The largest absolute Gasteiger partial charge is 0.493 e. The summed E-state index contributed by atoms with van der Waals surface area (Å²) >= 11 is 0. The van der Waals surface area contributed by atoms with Crippen molar-refractivity contribution in [2.75, 3.05) is 26.6 Å². The van der Waals surface area contributed by atoms with Crippen LogP contribution >= 0.6 is 0 Å². The van der Waals surface area contributed by atoms with E-state index >= 15 is 0 Å². The molecule has 0 saturated carbocycles. The summed E-state index contributed by atoms with van der Waals surface area (Å²) < 4.78 is 21.4. The van der Waals surface area contributed by atoms with Crippen molar-refractivity contribution < 1.29 is 23.4 Å². The van der Waals surface area contributed by atoms with E-state index in [2.05, 4.69) is 5.32 Å². The first-order chi connectivity index (χ1) is 12.6. The Morgan fingerprint density at radius 1 is 0.962 bits per heavy atom. The summed E-state index contributed by atoms with van der Waals surface area (Å²) in [6.45, 7) is 0. The standard InChI is InChI=1S/C20H19NO5/c1-23-16-9-7-14(12-18(16)25-3)21-19(22)10-8-15-11-13-5-4-6-17(24-2)20(13)26-15/h4-12H,1-3H3,(H,21,22). The second-order valence-electron chi connectivity index (χ2n) is 5.42. The van der Waals surface area contributed by atoms with E-state index in [0.717, 1.165) is 5.39 Å². The molecule has 1 N–H and O–H groups in total. The van der Waals surface area contributed by atoms with Gasteiger partial charge in [0.2, 0.25) is 5.91 Å². The van der Waals surface area contributed by atoms with Crippen molar-refractivity contribution in [3.63, 3.8) is 0 Å². The summed E-state index contributed by atoms with van der Waals surface area (Å²) in [5.74, 6) is 2.06. The Balaban J connectivity index is 1.74. The molecule has 2 aromatic carbocycles. The molecule has 3 rings (SSSR count). The number of carbonyl (C=O) groups is 1. The van der Waals surface area contributed by atoms with E-state index in [-0.39, 0.29) is 5.91 Å². The summed E-state index contributed by atoms with van der Waals surface area (Å²) in [6.07, 6.45) is 3.01. The normalized spacial score (nSPS) is 10.9. The second kappa shape index (κ2) is 7.65. The molecule has 0 radical (unpaired) electrons. The Morgan fingerprint density at radius 3 is 2.46 bits per heavy atom. The van der Waals surface area contributed by atoms with Crippen LogP contribution in [0.3, 0.4) is 0 Å². The highest BCUT2D eigenvalue weighted by Gasteiger charge is 2.08. The van der Waals surface area contributed by atoms with E-state index in [1.54, 1.807) is 45.6 Å². The van der Waals surface area contributed by atoms with Gasteiger partial charge in [-0.2, -0.15) is 0 Å². The van der Waals surface area contributed by atoms with Crippen LogP contribution in [0.25, 0.3) is 17.0 Å². The molecule has 134 valence electrons. The van der Waals surface area contributed by atoms with Crippen LogP contribution in [0, 0.1) is 0 Å². The van der Waals surface area contributed by atoms with Crippen molar-refractivity contribution in [2.24, 2.45) is 0 Å². The Kier molecular flexibility index (Phi) is 5.12. The van der Waals surface area contributed by atoms with Gasteiger partial charge in [-0.25, -0.2) is 0 Å². The smallest absolute Gasteiger partial charge is 0.248 e. The van der Waals surface area contributed by atoms with Gasteiger partial charge in [-0.15, -0.1) is 0 Å². The molecule has 0 aliphatic rings. The van der Waals surface area contributed by atoms with Crippen molar-refractivity contribution in [3.05, 3.63) is 54.3 Å². The lowest BCUT2D eigenvalue weighted by Gasteiger charge is -2.09. The molecular weight excluding hydrogens is 334 g/mol. The van der Waals surface area contributed by atoms with Gasteiger partial charge in [-0.3, -0.25) is 4.79 Å². The molecule has 1 aromatic heterocycles. The third kappa shape index (κ3) is 3.64. The predicted molar refractivity (Wildman–Crippen MR) is 100.0 cm³/mol. The fourth-order valence-corrected chi connectivity index (χ4v) is 2.55. The molecule has 6 nitrogen and oxygen atoms in total. The molecule has 1 amide bonds. The SMILES string of the molecule is COc1ccc(NC(=O)C=Cc2cc3cccc(OC)c3o2)cc1OC. The molecule has 0 aliphatic carbocycles. The molecule has 0 spiro atoms. The second-order valence-corrected chi connectivity index (χ2v) is 5.42. The molecule has 0 bridgehead atoms. The van der Waals surface area contributed by atoms with Gasteiger partial charge < -0.3 is 23.9 Å². The maximum Gasteiger partial charge on any atom is 0.248 e. The Bertz CT molecular complexity index is 958. The number of amides is 1. The number of anilines is 1. The van der Waals surface area contributed by atoms with Gasteiger partial charge >= 0.3 is 0 Å². The van der Waals surface area contributed by atoms with E-state index < -0.39 is 0 Å². The number of rotatable bonds is 6. The molecule has 0 aliphatic heterocycles. The molecule has 26 heavy (non-hydrogen) atoms. The van der Waals surface area contributed by atoms with E-state index in [9.17, 15) is 4.79 Å². The lowest BCUT2D eigenvalue weighted by atomic mass is 10.2. The van der Waals surface area contributed by atoms with Gasteiger partial charge in [0.25, 0.3) is 0 Å². The maximum absolute atomic E-state index is 12.1. The van der Waals surface area contributed by atoms with Crippen LogP contribution in [0.1, 0.15) is 5.76 Å². The number of carbonyl (C=O) groups excluding carboxylic acids is 1. The Morgan fingerprint density at radius 2 is 1.73 bits per heavy atom. The van der Waals surface area contributed by atoms with Crippen molar-refractivity contribution in [2.45, 2.75) is 0 Å². The number of furan rings is 1.